The van der Waals surface area contributed by atoms with Crippen LogP contribution in [0.25, 0.3) is 0 Å². The molecule has 1 unspecified atom stereocenters. The largest absolute Gasteiger partial charge is 0.387 e. The zero-order valence-corrected chi connectivity index (χ0v) is 12.7. The Hall–Kier alpha value is -1.40. The summed E-state index contributed by atoms with van der Waals surface area (Å²) in [6.07, 6.45) is 1.53. The Labute approximate surface area is 120 Å². The maximum absolute atomic E-state index is 12.7. The summed E-state index contributed by atoms with van der Waals surface area (Å²) in [5.74, 6) is -0.0884. The summed E-state index contributed by atoms with van der Waals surface area (Å²) in [4.78, 5) is 0.363. The summed E-state index contributed by atoms with van der Waals surface area (Å²) < 4.78 is 26.9. The number of amidine groups is 1. The van der Waals surface area contributed by atoms with E-state index in [-0.39, 0.29) is 11.8 Å². The predicted molar refractivity (Wildman–Crippen MR) is 79.3 cm³/mol. The summed E-state index contributed by atoms with van der Waals surface area (Å²) in [5.41, 5.74) is 7.20. The van der Waals surface area contributed by atoms with Crippen molar-refractivity contribution in [3.8, 4) is 0 Å². The molecule has 0 bridgehead atoms. The molecule has 1 aromatic carbocycles. The highest BCUT2D eigenvalue weighted by Crippen LogP contribution is 2.26. The van der Waals surface area contributed by atoms with Crippen LogP contribution < -0.4 is 5.73 Å². The van der Waals surface area contributed by atoms with Gasteiger partial charge in [0.2, 0.25) is 10.0 Å². The molecule has 1 fully saturated rings. The number of nitrogens with zero attached hydrogens (tertiary/aromatic N) is 1. The average Bonchev–Trinajstić information content (AvgIpc) is 2.41. The monoisotopic (exact) mass is 295 g/mol. The number of hydrogen-bond donors (Lipinski definition) is 2. The first kappa shape index (κ1) is 15.0. The van der Waals surface area contributed by atoms with Crippen molar-refractivity contribution in [2.24, 2.45) is 11.7 Å². The molecule has 5 nitrogen and oxygen atoms in total. The second-order valence-electron chi connectivity index (χ2n) is 5.43. The van der Waals surface area contributed by atoms with E-state index in [0.29, 0.717) is 18.0 Å². The van der Waals surface area contributed by atoms with E-state index in [9.17, 15) is 8.42 Å². The SMILES string of the molecule is Cc1ccc(C)c(S(=O)(=O)N2CCCC(C(=N)N)C2)c1. The number of sulfonamides is 1. The van der Waals surface area contributed by atoms with Crippen LogP contribution in [0.1, 0.15) is 24.0 Å². The third-order valence-electron chi connectivity index (χ3n) is 3.79. The number of aryl methyl sites for hydroxylation is 2. The smallest absolute Gasteiger partial charge is 0.243 e. The maximum Gasteiger partial charge on any atom is 0.243 e. The van der Waals surface area contributed by atoms with Gasteiger partial charge in [0.05, 0.1) is 10.7 Å². The predicted octanol–water partition coefficient (Wildman–Crippen LogP) is 1.64. The van der Waals surface area contributed by atoms with E-state index in [2.05, 4.69) is 0 Å². The Kier molecular flexibility index (Phi) is 4.15. The summed E-state index contributed by atoms with van der Waals surface area (Å²) in [5, 5.41) is 7.52. The van der Waals surface area contributed by atoms with Crippen molar-refractivity contribution in [2.45, 2.75) is 31.6 Å². The van der Waals surface area contributed by atoms with Gasteiger partial charge in [-0.2, -0.15) is 4.31 Å². The molecule has 6 heteroatoms. The molecule has 0 spiro atoms. The number of piperidine rings is 1. The lowest BCUT2D eigenvalue weighted by Crippen LogP contribution is -2.44. The van der Waals surface area contributed by atoms with Gasteiger partial charge in [0.25, 0.3) is 0 Å². The minimum atomic E-state index is -3.50. The fourth-order valence-electron chi connectivity index (χ4n) is 2.54. The number of nitrogens with one attached hydrogen (secondary N) is 1. The van der Waals surface area contributed by atoms with Gasteiger partial charge in [0, 0.05) is 19.0 Å². The lowest BCUT2D eigenvalue weighted by molar-refractivity contribution is 0.310. The zero-order valence-electron chi connectivity index (χ0n) is 11.9. The van der Waals surface area contributed by atoms with Gasteiger partial charge < -0.3 is 5.73 Å². The highest BCUT2D eigenvalue weighted by atomic mass is 32.2. The molecule has 1 atom stereocenters. The van der Waals surface area contributed by atoms with E-state index in [1.165, 1.54) is 4.31 Å². The van der Waals surface area contributed by atoms with Gasteiger partial charge in [0.1, 0.15) is 0 Å². The summed E-state index contributed by atoms with van der Waals surface area (Å²) >= 11 is 0. The molecular weight excluding hydrogens is 274 g/mol. The topological polar surface area (TPSA) is 87.2 Å². The summed E-state index contributed by atoms with van der Waals surface area (Å²) in [7, 11) is -3.50. The van der Waals surface area contributed by atoms with Gasteiger partial charge in [-0.3, -0.25) is 5.41 Å². The lowest BCUT2D eigenvalue weighted by atomic mass is 9.99. The van der Waals surface area contributed by atoms with E-state index in [4.69, 9.17) is 11.1 Å². The van der Waals surface area contributed by atoms with Crippen molar-refractivity contribution in [2.75, 3.05) is 13.1 Å². The average molecular weight is 295 g/mol. The van der Waals surface area contributed by atoms with Gasteiger partial charge in [-0.1, -0.05) is 12.1 Å². The van der Waals surface area contributed by atoms with Crippen LogP contribution in [0.4, 0.5) is 0 Å². The molecule has 0 radical (unpaired) electrons. The van der Waals surface area contributed by atoms with Crippen molar-refractivity contribution >= 4 is 15.9 Å². The summed E-state index contributed by atoms with van der Waals surface area (Å²) in [6.45, 7) is 4.50. The van der Waals surface area contributed by atoms with E-state index in [1.807, 2.05) is 19.1 Å². The van der Waals surface area contributed by atoms with Gasteiger partial charge in [-0.05, 0) is 43.9 Å². The lowest BCUT2D eigenvalue weighted by Gasteiger charge is -2.31. The van der Waals surface area contributed by atoms with Crippen LogP contribution in [0.3, 0.4) is 0 Å². The zero-order chi connectivity index (χ0) is 14.9. The van der Waals surface area contributed by atoms with Gasteiger partial charge in [-0.15, -0.1) is 0 Å². The normalized spacial score (nSPS) is 20.8. The first-order valence-corrected chi connectivity index (χ1v) is 8.17. The van der Waals surface area contributed by atoms with Crippen molar-refractivity contribution < 1.29 is 8.42 Å². The van der Waals surface area contributed by atoms with E-state index < -0.39 is 10.0 Å². The minimum absolute atomic E-state index is 0.0749. The Morgan fingerprint density at radius 2 is 2.10 bits per heavy atom. The second kappa shape index (κ2) is 5.54. The van der Waals surface area contributed by atoms with Crippen molar-refractivity contribution in [1.82, 2.24) is 4.31 Å². The van der Waals surface area contributed by atoms with Gasteiger partial charge >= 0.3 is 0 Å². The molecule has 3 N–H and O–H groups in total. The highest BCUT2D eigenvalue weighted by Gasteiger charge is 2.32. The molecule has 1 saturated heterocycles. The Morgan fingerprint density at radius 3 is 2.75 bits per heavy atom. The number of nitrogens with two attached hydrogens (primary N) is 1. The van der Waals surface area contributed by atoms with Gasteiger partial charge in [0.15, 0.2) is 0 Å². The molecular formula is C14H21N3O2S. The Balaban J connectivity index is 2.35. The van der Waals surface area contributed by atoms with Gasteiger partial charge in [-0.25, -0.2) is 8.42 Å². The first-order chi connectivity index (χ1) is 9.32. The van der Waals surface area contributed by atoms with Crippen molar-refractivity contribution in [3.05, 3.63) is 29.3 Å². The molecule has 0 aromatic heterocycles. The fourth-order valence-corrected chi connectivity index (χ4v) is 4.37. The van der Waals surface area contributed by atoms with Crippen LogP contribution in [0.5, 0.6) is 0 Å². The standard InChI is InChI=1S/C14H21N3O2S/c1-10-5-6-11(2)13(8-10)20(18,19)17-7-3-4-12(9-17)14(15)16/h5-6,8,12H,3-4,7,9H2,1-2H3,(H3,15,16). The molecule has 2 rings (SSSR count). The van der Waals surface area contributed by atoms with Crippen LogP contribution in [0.15, 0.2) is 23.1 Å². The van der Waals surface area contributed by atoms with Crippen LogP contribution in [-0.4, -0.2) is 31.6 Å². The number of hydrogen-bond acceptors (Lipinski definition) is 3. The Bertz CT molecular complexity index is 625. The molecule has 110 valence electrons. The third-order valence-corrected chi connectivity index (χ3v) is 5.79. The van der Waals surface area contributed by atoms with Crippen LogP contribution in [-0.2, 0) is 10.0 Å². The molecule has 1 heterocycles. The van der Waals surface area contributed by atoms with Crippen LogP contribution >= 0.6 is 0 Å². The second-order valence-corrected chi connectivity index (χ2v) is 7.33. The van der Waals surface area contributed by atoms with Crippen molar-refractivity contribution in [3.63, 3.8) is 0 Å². The molecule has 1 aliphatic heterocycles. The highest BCUT2D eigenvalue weighted by molar-refractivity contribution is 7.89. The van der Waals surface area contributed by atoms with E-state index in [0.717, 1.165) is 24.0 Å². The Morgan fingerprint density at radius 1 is 1.40 bits per heavy atom. The number of benzene rings is 1. The molecule has 20 heavy (non-hydrogen) atoms. The maximum atomic E-state index is 12.7. The fraction of sp³-hybridized carbons (Fsp3) is 0.500. The van der Waals surface area contributed by atoms with Crippen LogP contribution in [0, 0.1) is 25.2 Å². The van der Waals surface area contributed by atoms with E-state index >= 15 is 0 Å². The molecule has 0 amide bonds. The third kappa shape index (κ3) is 2.86. The molecule has 1 aliphatic rings. The molecule has 1 aromatic rings. The minimum Gasteiger partial charge on any atom is -0.387 e. The van der Waals surface area contributed by atoms with Crippen LogP contribution in [0.2, 0.25) is 0 Å². The molecule has 0 aliphatic carbocycles. The quantitative estimate of drug-likeness (QED) is 0.656. The molecule has 0 saturated carbocycles. The number of rotatable bonds is 3. The van der Waals surface area contributed by atoms with Crippen molar-refractivity contribution in [1.29, 1.82) is 5.41 Å². The van der Waals surface area contributed by atoms with E-state index in [1.54, 1.807) is 13.0 Å². The first-order valence-electron chi connectivity index (χ1n) is 6.73. The summed E-state index contributed by atoms with van der Waals surface area (Å²) in [6, 6.07) is 5.44.